The van der Waals surface area contributed by atoms with Crippen molar-refractivity contribution in [2.24, 2.45) is 47.3 Å². The molecule has 8 unspecified atom stereocenters. The lowest BCUT2D eigenvalue weighted by atomic mass is 9.47. The summed E-state index contributed by atoms with van der Waals surface area (Å²) < 4.78 is 0. The van der Waals surface area contributed by atoms with E-state index in [-0.39, 0.29) is 133 Å². The van der Waals surface area contributed by atoms with Crippen molar-refractivity contribution in [3.8, 4) is 0 Å². The van der Waals surface area contributed by atoms with Crippen LogP contribution in [0.25, 0.3) is 0 Å². The molecule has 2 aliphatic carbocycles. The van der Waals surface area contributed by atoms with E-state index < -0.39 is 17.9 Å². The van der Waals surface area contributed by atoms with Gasteiger partial charge in [0, 0.05) is 12.8 Å². The largest absolute Gasteiger partial charge is 0.481 e. The van der Waals surface area contributed by atoms with Crippen LogP contribution < -0.4 is 0 Å². The van der Waals surface area contributed by atoms with Crippen LogP contribution in [-0.4, -0.2) is 33.2 Å². The molecule has 0 spiro atoms. The smallest absolute Gasteiger partial charge is 0.303 e. The van der Waals surface area contributed by atoms with Crippen LogP contribution in [0.5, 0.6) is 0 Å². The summed E-state index contributed by atoms with van der Waals surface area (Å²) in [5.74, 6) is -2.66. The highest BCUT2D eigenvalue weighted by molar-refractivity contribution is 5.69. The molecule has 0 bridgehead atoms. The van der Waals surface area contributed by atoms with Gasteiger partial charge in [0.1, 0.15) is 0 Å². The molecular weight excluding hydrogens is 468 g/mol. The summed E-state index contributed by atoms with van der Waals surface area (Å²) >= 11 is 0. The average Bonchev–Trinajstić information content (AvgIpc) is 2.61. The minimum Gasteiger partial charge on any atom is -0.481 e. The number of allylic oxidation sites excluding steroid dienone is 2. The first-order chi connectivity index (χ1) is 13.2. The van der Waals surface area contributed by atoms with Crippen LogP contribution in [0.15, 0.2) is 12.2 Å². The molecule has 0 aromatic heterocycles. The Hall–Kier alpha value is -1.85. The molecule has 1 fully saturated rings. The molecule has 0 aromatic rings. The molecule has 0 aliphatic heterocycles. The Morgan fingerprint density at radius 2 is 0.838 bits per heavy atom. The lowest BCUT2D eigenvalue weighted by Crippen LogP contribution is -2.53. The fraction of sp³-hybridized carbons (Fsp3) is 0.839. The first kappa shape index (κ1) is 55.6. The number of rotatable bonds is 9. The molecule has 6 heteroatoms. The van der Waals surface area contributed by atoms with E-state index in [4.69, 9.17) is 0 Å². The maximum Gasteiger partial charge on any atom is 0.303 e. The second-order valence-corrected chi connectivity index (χ2v) is 8.54. The molecule has 0 saturated heterocycles. The Labute approximate surface area is 233 Å². The summed E-state index contributed by atoms with van der Waals surface area (Å²) in [5.41, 5.74) is 0. The Kier molecular flexibility index (Phi) is 36.8. The summed E-state index contributed by atoms with van der Waals surface area (Å²) in [6.07, 6.45) is 6.59. The van der Waals surface area contributed by atoms with Gasteiger partial charge in [0.15, 0.2) is 0 Å². The molecule has 2 rings (SSSR count). The number of hydrogen-bond acceptors (Lipinski definition) is 3. The van der Waals surface area contributed by atoms with Gasteiger partial charge in [-0.15, -0.1) is 0 Å². The highest BCUT2D eigenvalue weighted by Crippen LogP contribution is 2.58. The minimum absolute atomic E-state index is 0. The van der Waals surface area contributed by atoms with Gasteiger partial charge >= 0.3 is 17.9 Å². The lowest BCUT2D eigenvalue weighted by Gasteiger charge is -2.57. The Balaban J connectivity index is -0.000000156. The summed E-state index contributed by atoms with van der Waals surface area (Å²) in [7, 11) is 0. The summed E-state index contributed by atoms with van der Waals surface area (Å²) in [6.45, 7) is 6.30. The quantitative estimate of drug-likeness (QED) is 0.252. The van der Waals surface area contributed by atoms with Crippen LogP contribution in [0, 0.1) is 47.3 Å². The summed E-state index contributed by atoms with van der Waals surface area (Å²) in [5, 5.41) is 28.6. The molecule has 0 heterocycles. The minimum atomic E-state index is -0.930. The first-order valence-corrected chi connectivity index (χ1v) is 10.6. The number of hydrogen-bond donors (Lipinski definition) is 3. The van der Waals surface area contributed by atoms with Crippen LogP contribution in [0.2, 0.25) is 0 Å². The van der Waals surface area contributed by atoms with Crippen molar-refractivity contribution in [3.05, 3.63) is 12.2 Å². The molecule has 0 amide bonds. The molecule has 3 N–H and O–H groups in total. The van der Waals surface area contributed by atoms with Gasteiger partial charge in [-0.25, -0.2) is 0 Å². The van der Waals surface area contributed by atoms with Crippen molar-refractivity contribution < 1.29 is 29.7 Å². The van der Waals surface area contributed by atoms with Gasteiger partial charge in [0.25, 0.3) is 0 Å². The number of carboxylic acid groups (broad SMARTS) is 3. The van der Waals surface area contributed by atoms with Crippen LogP contribution in [0.4, 0.5) is 0 Å². The second-order valence-electron chi connectivity index (χ2n) is 8.54. The maximum atomic E-state index is 11.7. The predicted octanol–water partition coefficient (Wildman–Crippen LogP) is 9.88. The Morgan fingerprint density at radius 3 is 1.19 bits per heavy atom. The van der Waals surface area contributed by atoms with E-state index in [0.717, 1.165) is 19.3 Å². The standard InChI is InChI=1S/C22H34O6.9CH4/c1-4-12-7-8-13(9-18(23)24)22-17(11-20(27)28)16(10-19(25)26)14(5-2)15(6-3)21(12)22;;;;;;;;;/h7-8,12-17,21-22H,4-6,9-11H2,1-3H3,(H,23,24)(H,25,26)(H,27,28);9*1H4. The van der Waals surface area contributed by atoms with Crippen molar-refractivity contribution >= 4 is 17.9 Å². The molecule has 6 nitrogen and oxygen atoms in total. The van der Waals surface area contributed by atoms with E-state index in [1.54, 1.807) is 0 Å². The molecule has 0 radical (unpaired) electrons. The van der Waals surface area contributed by atoms with E-state index in [2.05, 4.69) is 26.8 Å². The number of aliphatic carboxylic acids is 3. The van der Waals surface area contributed by atoms with E-state index in [1.165, 1.54) is 0 Å². The van der Waals surface area contributed by atoms with E-state index in [0.29, 0.717) is 0 Å². The van der Waals surface area contributed by atoms with Gasteiger partial charge in [-0.05, 0) is 53.8 Å². The molecule has 37 heavy (non-hydrogen) atoms. The predicted molar refractivity (Wildman–Crippen MR) is 165 cm³/mol. The molecule has 8 atom stereocenters. The van der Waals surface area contributed by atoms with Crippen molar-refractivity contribution in [2.75, 3.05) is 0 Å². The average molecular weight is 539 g/mol. The lowest BCUT2D eigenvalue weighted by molar-refractivity contribution is -0.152. The number of carboxylic acids is 3. The zero-order chi connectivity index (χ0) is 21.0. The highest BCUT2D eigenvalue weighted by atomic mass is 16.4. The van der Waals surface area contributed by atoms with Crippen molar-refractivity contribution in [2.45, 2.75) is 126 Å². The zero-order valence-corrected chi connectivity index (χ0v) is 17.1. The van der Waals surface area contributed by atoms with Crippen molar-refractivity contribution in [1.82, 2.24) is 0 Å². The fourth-order valence-electron chi connectivity index (χ4n) is 6.51. The van der Waals surface area contributed by atoms with Gasteiger partial charge in [-0.2, -0.15) is 0 Å². The fourth-order valence-corrected chi connectivity index (χ4v) is 6.51. The monoisotopic (exact) mass is 539 g/mol. The second kappa shape index (κ2) is 24.5. The molecule has 0 aromatic carbocycles. The molecule has 1 saturated carbocycles. The topological polar surface area (TPSA) is 112 Å². The van der Waals surface area contributed by atoms with Crippen molar-refractivity contribution in [3.63, 3.8) is 0 Å². The van der Waals surface area contributed by atoms with Crippen LogP contribution >= 0.6 is 0 Å². The summed E-state index contributed by atoms with van der Waals surface area (Å²) in [6, 6.07) is 0. The zero-order valence-electron chi connectivity index (χ0n) is 17.1. The van der Waals surface area contributed by atoms with Crippen LogP contribution in [0.1, 0.15) is 126 Å². The third kappa shape index (κ3) is 12.5. The van der Waals surface area contributed by atoms with E-state index in [1.807, 2.05) is 6.08 Å². The highest BCUT2D eigenvalue weighted by Gasteiger charge is 2.54. The third-order valence-corrected chi connectivity index (χ3v) is 7.32. The van der Waals surface area contributed by atoms with Crippen molar-refractivity contribution in [1.29, 1.82) is 0 Å². The van der Waals surface area contributed by atoms with Gasteiger partial charge in [-0.3, -0.25) is 14.4 Å². The van der Waals surface area contributed by atoms with Gasteiger partial charge in [0.05, 0.1) is 6.42 Å². The molecule has 230 valence electrons. The van der Waals surface area contributed by atoms with Crippen LogP contribution in [-0.2, 0) is 14.4 Å². The third-order valence-electron chi connectivity index (χ3n) is 7.32. The molecule has 2 aliphatic rings. The van der Waals surface area contributed by atoms with E-state index >= 15 is 0 Å². The Bertz CT molecular complexity index is 615. The SMILES string of the molecule is C.C.C.C.C.C.C.C.C.CCC1C=CC(CC(=O)O)C2C(CC(=O)O)C(CC(=O)O)C(CC)C(CC)C12. The van der Waals surface area contributed by atoms with Crippen LogP contribution in [0.3, 0.4) is 0 Å². The summed E-state index contributed by atoms with van der Waals surface area (Å²) in [4.78, 5) is 34.9. The maximum absolute atomic E-state index is 11.7. The van der Waals surface area contributed by atoms with Gasteiger partial charge in [0.2, 0.25) is 0 Å². The first-order valence-electron chi connectivity index (χ1n) is 10.6. The number of fused-ring (bicyclic) bond motifs is 1. The number of carbonyl (C=O) groups is 3. The molecular formula is C31H70O6. The normalized spacial score (nSPS) is 28.2. The Morgan fingerprint density at radius 1 is 0.486 bits per heavy atom. The van der Waals surface area contributed by atoms with E-state index in [9.17, 15) is 29.7 Å². The van der Waals surface area contributed by atoms with Gasteiger partial charge in [-0.1, -0.05) is 113 Å². The van der Waals surface area contributed by atoms with Gasteiger partial charge < -0.3 is 15.3 Å².